The van der Waals surface area contributed by atoms with Crippen molar-refractivity contribution in [1.29, 1.82) is 0 Å². The van der Waals surface area contributed by atoms with Gasteiger partial charge in [0.05, 0.1) is 12.1 Å². The predicted octanol–water partition coefficient (Wildman–Crippen LogP) is 1.89. The Hall–Kier alpha value is -0.870. The molecule has 0 aliphatic carbocycles. The highest BCUT2D eigenvalue weighted by Gasteiger charge is 2.26. The molecule has 1 aliphatic heterocycles. The summed E-state index contributed by atoms with van der Waals surface area (Å²) < 4.78 is 7.77. The number of hydrogen-bond acceptors (Lipinski definition) is 3. The van der Waals surface area contributed by atoms with Crippen molar-refractivity contribution in [2.45, 2.75) is 38.8 Å². The first-order chi connectivity index (χ1) is 8.22. The quantitative estimate of drug-likeness (QED) is 0.850. The molecule has 1 aromatic rings. The Bertz CT molecular complexity index is 350. The molecule has 0 amide bonds. The van der Waals surface area contributed by atoms with Gasteiger partial charge in [-0.25, -0.2) is 4.98 Å². The second kappa shape index (κ2) is 5.65. The van der Waals surface area contributed by atoms with E-state index >= 15 is 0 Å². The van der Waals surface area contributed by atoms with Gasteiger partial charge in [-0.15, -0.1) is 0 Å². The van der Waals surface area contributed by atoms with Crippen LogP contribution in [0.4, 0.5) is 0 Å². The van der Waals surface area contributed by atoms with E-state index in [1.165, 1.54) is 6.42 Å². The fourth-order valence-corrected chi connectivity index (χ4v) is 2.59. The van der Waals surface area contributed by atoms with Crippen LogP contribution < -0.4 is 5.32 Å². The number of nitrogens with one attached hydrogen (secondary N) is 1. The number of rotatable bonds is 5. The minimum atomic E-state index is 0.299. The van der Waals surface area contributed by atoms with Gasteiger partial charge in [0.2, 0.25) is 0 Å². The lowest BCUT2D eigenvalue weighted by molar-refractivity contribution is 0.0866. The maximum atomic E-state index is 5.70. The van der Waals surface area contributed by atoms with E-state index in [-0.39, 0.29) is 0 Å². The summed E-state index contributed by atoms with van der Waals surface area (Å²) in [6.45, 7) is 6.30. The molecule has 1 saturated heterocycles. The van der Waals surface area contributed by atoms with Gasteiger partial charge in [0, 0.05) is 32.6 Å². The van der Waals surface area contributed by atoms with Crippen LogP contribution in [0.2, 0.25) is 0 Å². The summed E-state index contributed by atoms with van der Waals surface area (Å²) in [4.78, 5) is 4.37. The molecule has 0 spiro atoms. The van der Waals surface area contributed by atoms with Crippen molar-refractivity contribution in [2.24, 2.45) is 13.0 Å². The number of aryl methyl sites for hydroxylation is 1. The third kappa shape index (κ3) is 2.87. The van der Waals surface area contributed by atoms with E-state index < -0.39 is 0 Å². The Morgan fingerprint density at radius 3 is 3.12 bits per heavy atom. The third-order valence-corrected chi connectivity index (χ3v) is 3.68. The van der Waals surface area contributed by atoms with Crippen LogP contribution in [-0.4, -0.2) is 28.8 Å². The van der Waals surface area contributed by atoms with E-state index in [9.17, 15) is 0 Å². The minimum absolute atomic E-state index is 0.299. The van der Waals surface area contributed by atoms with Crippen LogP contribution in [0.3, 0.4) is 0 Å². The number of nitrogens with zero attached hydrogens (tertiary/aromatic N) is 2. The molecule has 1 fully saturated rings. The number of imidazole rings is 1. The molecule has 1 aromatic heterocycles. The Labute approximate surface area is 103 Å². The molecule has 96 valence electrons. The third-order valence-electron chi connectivity index (χ3n) is 3.68. The zero-order chi connectivity index (χ0) is 12.3. The van der Waals surface area contributed by atoms with Crippen molar-refractivity contribution in [1.82, 2.24) is 14.9 Å². The summed E-state index contributed by atoms with van der Waals surface area (Å²) in [5.74, 6) is 1.75. The van der Waals surface area contributed by atoms with Crippen LogP contribution >= 0.6 is 0 Å². The first-order valence-corrected chi connectivity index (χ1v) is 6.54. The lowest BCUT2D eigenvalue weighted by atomic mass is 9.99. The van der Waals surface area contributed by atoms with Crippen molar-refractivity contribution in [2.75, 3.05) is 13.2 Å². The zero-order valence-electron chi connectivity index (χ0n) is 11.0. The number of hydrogen-bond donors (Lipinski definition) is 1. The van der Waals surface area contributed by atoms with Crippen LogP contribution in [0.15, 0.2) is 12.4 Å². The molecule has 1 aliphatic rings. The molecular weight excluding hydrogens is 214 g/mol. The maximum Gasteiger partial charge on any atom is 0.125 e. The maximum absolute atomic E-state index is 5.70. The molecule has 1 N–H and O–H groups in total. The van der Waals surface area contributed by atoms with Crippen molar-refractivity contribution in [3.05, 3.63) is 18.2 Å². The molecule has 4 heteroatoms. The van der Waals surface area contributed by atoms with Gasteiger partial charge in [-0.2, -0.15) is 0 Å². The molecule has 0 bridgehead atoms. The largest absolute Gasteiger partial charge is 0.378 e. The summed E-state index contributed by atoms with van der Waals surface area (Å²) >= 11 is 0. The van der Waals surface area contributed by atoms with E-state index in [2.05, 4.69) is 28.7 Å². The summed E-state index contributed by atoms with van der Waals surface area (Å²) in [5.41, 5.74) is 0. The zero-order valence-corrected chi connectivity index (χ0v) is 11.0. The normalized spacial score (nSPS) is 26.3. The van der Waals surface area contributed by atoms with Gasteiger partial charge in [0.15, 0.2) is 0 Å². The van der Waals surface area contributed by atoms with Crippen molar-refractivity contribution >= 4 is 0 Å². The first-order valence-electron chi connectivity index (χ1n) is 6.54. The lowest BCUT2D eigenvalue weighted by Gasteiger charge is -2.20. The number of aromatic nitrogens is 2. The van der Waals surface area contributed by atoms with Gasteiger partial charge < -0.3 is 14.6 Å². The molecule has 4 nitrogen and oxygen atoms in total. The van der Waals surface area contributed by atoms with Gasteiger partial charge in [0.1, 0.15) is 5.82 Å². The molecule has 2 rings (SSSR count). The van der Waals surface area contributed by atoms with E-state index in [0.29, 0.717) is 18.1 Å². The van der Waals surface area contributed by atoms with Crippen LogP contribution in [0.25, 0.3) is 0 Å². The summed E-state index contributed by atoms with van der Waals surface area (Å²) in [6.07, 6.45) is 6.57. The topological polar surface area (TPSA) is 39.1 Å². The molecule has 0 saturated carbocycles. The standard InChI is InChI=1S/C13H23N3O/c1-4-12-11(5-8-17-12)9-15-10(2)13-14-6-7-16(13)3/h6-7,10-12,15H,4-5,8-9H2,1-3H3. The molecule has 0 aromatic carbocycles. The average molecular weight is 237 g/mol. The van der Waals surface area contributed by atoms with E-state index in [0.717, 1.165) is 25.4 Å². The Kier molecular flexibility index (Phi) is 4.18. The smallest absolute Gasteiger partial charge is 0.125 e. The van der Waals surface area contributed by atoms with Crippen molar-refractivity contribution < 1.29 is 4.74 Å². The molecule has 2 heterocycles. The van der Waals surface area contributed by atoms with E-state index in [1.54, 1.807) is 0 Å². The van der Waals surface area contributed by atoms with Crippen molar-refractivity contribution in [3.63, 3.8) is 0 Å². The molecule has 17 heavy (non-hydrogen) atoms. The summed E-state index contributed by atoms with van der Waals surface area (Å²) in [5, 5.41) is 3.57. The highest BCUT2D eigenvalue weighted by atomic mass is 16.5. The molecular formula is C13H23N3O. The minimum Gasteiger partial charge on any atom is -0.378 e. The van der Waals surface area contributed by atoms with Gasteiger partial charge in [-0.1, -0.05) is 6.92 Å². The Morgan fingerprint density at radius 2 is 2.47 bits per heavy atom. The van der Waals surface area contributed by atoms with E-state index in [4.69, 9.17) is 4.74 Å². The predicted molar refractivity (Wildman–Crippen MR) is 67.8 cm³/mol. The van der Waals surface area contributed by atoms with Gasteiger partial charge in [-0.3, -0.25) is 0 Å². The SMILES string of the molecule is CCC1OCCC1CNC(C)c1nccn1C. The Morgan fingerprint density at radius 1 is 1.65 bits per heavy atom. The van der Waals surface area contributed by atoms with Crippen molar-refractivity contribution in [3.8, 4) is 0 Å². The summed E-state index contributed by atoms with van der Waals surface area (Å²) in [7, 11) is 2.04. The van der Waals surface area contributed by atoms with Gasteiger partial charge in [0.25, 0.3) is 0 Å². The summed E-state index contributed by atoms with van der Waals surface area (Å²) in [6, 6.07) is 0.299. The fourth-order valence-electron chi connectivity index (χ4n) is 2.59. The highest BCUT2D eigenvalue weighted by Crippen LogP contribution is 2.23. The van der Waals surface area contributed by atoms with Gasteiger partial charge in [-0.05, 0) is 25.7 Å². The van der Waals surface area contributed by atoms with Gasteiger partial charge >= 0.3 is 0 Å². The first kappa shape index (κ1) is 12.6. The monoisotopic (exact) mass is 237 g/mol. The van der Waals surface area contributed by atoms with Crippen LogP contribution in [0.5, 0.6) is 0 Å². The second-order valence-electron chi connectivity index (χ2n) is 4.89. The average Bonchev–Trinajstić information content (AvgIpc) is 2.94. The van der Waals surface area contributed by atoms with Crippen LogP contribution in [0.1, 0.15) is 38.6 Å². The second-order valence-corrected chi connectivity index (χ2v) is 4.89. The lowest BCUT2D eigenvalue weighted by Crippen LogP contribution is -2.31. The molecule has 3 atom stereocenters. The van der Waals surface area contributed by atoms with Crippen LogP contribution in [0, 0.1) is 5.92 Å². The van der Waals surface area contributed by atoms with E-state index in [1.807, 2.05) is 19.4 Å². The molecule has 3 unspecified atom stereocenters. The van der Waals surface area contributed by atoms with Crippen LogP contribution in [-0.2, 0) is 11.8 Å². The Balaban J connectivity index is 1.84. The highest BCUT2D eigenvalue weighted by molar-refractivity contribution is 4.97. The fraction of sp³-hybridized carbons (Fsp3) is 0.769. The molecule has 0 radical (unpaired) electrons. The number of ether oxygens (including phenoxy) is 1.